The van der Waals surface area contributed by atoms with Crippen LogP contribution in [0.1, 0.15) is 15.9 Å². The van der Waals surface area contributed by atoms with E-state index < -0.39 is 0 Å². The first-order valence-electron chi connectivity index (χ1n) is 6.18. The maximum atomic E-state index is 12.3. The van der Waals surface area contributed by atoms with Crippen molar-refractivity contribution in [3.8, 4) is 0 Å². The summed E-state index contributed by atoms with van der Waals surface area (Å²) in [5, 5.41) is 3.62. The molecule has 0 spiro atoms. The van der Waals surface area contributed by atoms with Crippen molar-refractivity contribution in [1.29, 1.82) is 0 Å². The van der Waals surface area contributed by atoms with E-state index in [1.807, 2.05) is 60.0 Å². The van der Waals surface area contributed by atoms with Crippen LogP contribution in [0, 0.1) is 0 Å². The lowest BCUT2D eigenvalue weighted by Gasteiger charge is -1.95. The van der Waals surface area contributed by atoms with Crippen molar-refractivity contribution in [3.63, 3.8) is 0 Å². The molecule has 0 aliphatic heterocycles. The summed E-state index contributed by atoms with van der Waals surface area (Å²) in [5.74, 6) is 0.0254. The number of carbonyl (C=O) groups excluding carboxylic acids is 1. The van der Waals surface area contributed by atoms with Gasteiger partial charge in [-0.1, -0.05) is 48.0 Å². The Bertz CT molecular complexity index is 784. The summed E-state index contributed by atoms with van der Waals surface area (Å²) >= 11 is 7.43. The Morgan fingerprint density at radius 3 is 2.60 bits per heavy atom. The standard InChI is InChI=1S/C17H11ClOS/c18-13-8-5-12(6-9-13)7-10-16(19)15-11-20-17-4-2-1-3-14(15)17/h1-11H. The van der Waals surface area contributed by atoms with E-state index in [1.54, 1.807) is 17.4 Å². The molecule has 98 valence electrons. The van der Waals surface area contributed by atoms with Gasteiger partial charge in [0.1, 0.15) is 0 Å². The van der Waals surface area contributed by atoms with Crippen LogP contribution in [0.5, 0.6) is 0 Å². The maximum Gasteiger partial charge on any atom is 0.187 e. The van der Waals surface area contributed by atoms with Gasteiger partial charge in [0.25, 0.3) is 0 Å². The topological polar surface area (TPSA) is 17.1 Å². The first-order chi connectivity index (χ1) is 9.74. The minimum Gasteiger partial charge on any atom is -0.289 e. The van der Waals surface area contributed by atoms with Crippen molar-refractivity contribution in [2.24, 2.45) is 0 Å². The lowest BCUT2D eigenvalue weighted by Crippen LogP contribution is -1.91. The van der Waals surface area contributed by atoms with Crippen LogP contribution >= 0.6 is 22.9 Å². The molecule has 0 aliphatic carbocycles. The van der Waals surface area contributed by atoms with Crippen molar-refractivity contribution in [2.75, 3.05) is 0 Å². The van der Waals surface area contributed by atoms with E-state index in [0.29, 0.717) is 5.02 Å². The lowest BCUT2D eigenvalue weighted by atomic mass is 10.1. The van der Waals surface area contributed by atoms with Gasteiger partial charge in [0.05, 0.1) is 0 Å². The molecule has 0 radical (unpaired) electrons. The second-order valence-corrected chi connectivity index (χ2v) is 5.74. The predicted molar refractivity (Wildman–Crippen MR) is 86.6 cm³/mol. The minimum absolute atomic E-state index is 0.0254. The Labute approximate surface area is 126 Å². The molecule has 0 unspecified atom stereocenters. The maximum absolute atomic E-state index is 12.3. The third kappa shape index (κ3) is 2.67. The summed E-state index contributed by atoms with van der Waals surface area (Å²) in [7, 11) is 0. The highest BCUT2D eigenvalue weighted by Gasteiger charge is 2.08. The van der Waals surface area contributed by atoms with E-state index in [0.717, 1.165) is 21.2 Å². The first kappa shape index (κ1) is 13.1. The van der Waals surface area contributed by atoms with Gasteiger partial charge in [-0.05, 0) is 29.8 Å². The number of hydrogen-bond acceptors (Lipinski definition) is 2. The van der Waals surface area contributed by atoms with Gasteiger partial charge in [-0.3, -0.25) is 4.79 Å². The van der Waals surface area contributed by atoms with Crippen LogP contribution in [0.15, 0.2) is 60.0 Å². The average molecular weight is 299 g/mol. The number of hydrogen-bond donors (Lipinski definition) is 0. The number of thiophene rings is 1. The monoisotopic (exact) mass is 298 g/mol. The molecule has 1 nitrogen and oxygen atoms in total. The van der Waals surface area contributed by atoms with Crippen molar-refractivity contribution in [1.82, 2.24) is 0 Å². The van der Waals surface area contributed by atoms with Gasteiger partial charge in [-0.25, -0.2) is 0 Å². The minimum atomic E-state index is 0.0254. The molecule has 0 atom stereocenters. The quantitative estimate of drug-likeness (QED) is 0.464. The third-order valence-corrected chi connectivity index (χ3v) is 4.26. The molecular formula is C17H11ClOS. The Balaban J connectivity index is 1.87. The molecule has 3 heteroatoms. The van der Waals surface area contributed by atoms with E-state index in [1.165, 1.54) is 0 Å². The van der Waals surface area contributed by atoms with Crippen molar-refractivity contribution in [3.05, 3.63) is 76.1 Å². The normalized spacial score (nSPS) is 11.2. The molecule has 3 aromatic rings. The number of halogens is 1. The zero-order chi connectivity index (χ0) is 13.9. The van der Waals surface area contributed by atoms with Crippen LogP contribution in [0.4, 0.5) is 0 Å². The fourth-order valence-corrected chi connectivity index (χ4v) is 3.08. The van der Waals surface area contributed by atoms with Crippen molar-refractivity contribution in [2.45, 2.75) is 0 Å². The van der Waals surface area contributed by atoms with Crippen LogP contribution in [-0.2, 0) is 0 Å². The van der Waals surface area contributed by atoms with Crippen LogP contribution in [0.2, 0.25) is 5.02 Å². The van der Waals surface area contributed by atoms with Crippen molar-refractivity contribution < 1.29 is 4.79 Å². The van der Waals surface area contributed by atoms with E-state index in [-0.39, 0.29) is 5.78 Å². The van der Waals surface area contributed by atoms with Crippen LogP contribution in [-0.4, -0.2) is 5.78 Å². The summed E-state index contributed by atoms with van der Waals surface area (Å²) in [5.41, 5.74) is 1.72. The summed E-state index contributed by atoms with van der Waals surface area (Å²) in [6.45, 7) is 0. The predicted octanol–water partition coefficient (Wildman–Crippen LogP) is 5.45. The number of ketones is 1. The Morgan fingerprint density at radius 1 is 1.05 bits per heavy atom. The summed E-state index contributed by atoms with van der Waals surface area (Å²) in [6.07, 6.45) is 3.42. The lowest BCUT2D eigenvalue weighted by molar-refractivity contribution is 0.104. The highest BCUT2D eigenvalue weighted by atomic mass is 35.5. The number of fused-ring (bicyclic) bond motifs is 1. The second kappa shape index (κ2) is 5.61. The first-order valence-corrected chi connectivity index (χ1v) is 7.44. The Morgan fingerprint density at radius 2 is 1.80 bits per heavy atom. The largest absolute Gasteiger partial charge is 0.289 e. The zero-order valence-corrected chi connectivity index (χ0v) is 12.1. The molecule has 0 N–H and O–H groups in total. The second-order valence-electron chi connectivity index (χ2n) is 4.39. The van der Waals surface area contributed by atoms with E-state index >= 15 is 0 Å². The van der Waals surface area contributed by atoms with Crippen LogP contribution < -0.4 is 0 Å². The highest BCUT2D eigenvalue weighted by molar-refractivity contribution is 7.17. The average Bonchev–Trinajstić information content (AvgIpc) is 2.90. The van der Waals surface area contributed by atoms with Gasteiger partial charge in [-0.2, -0.15) is 0 Å². The summed E-state index contributed by atoms with van der Waals surface area (Å²) < 4.78 is 1.13. The molecule has 0 aliphatic rings. The van der Waals surface area contributed by atoms with Gasteiger partial charge in [0.2, 0.25) is 0 Å². The van der Waals surface area contributed by atoms with Crippen molar-refractivity contribution >= 4 is 44.9 Å². The molecule has 3 rings (SSSR count). The molecule has 20 heavy (non-hydrogen) atoms. The van der Waals surface area contributed by atoms with Gasteiger partial charge in [0.15, 0.2) is 5.78 Å². The Kier molecular flexibility index (Phi) is 3.68. The number of carbonyl (C=O) groups is 1. The summed E-state index contributed by atoms with van der Waals surface area (Å²) in [6, 6.07) is 15.3. The number of allylic oxidation sites excluding steroid dienone is 1. The van der Waals surface area contributed by atoms with Gasteiger partial charge in [-0.15, -0.1) is 11.3 Å². The Hall–Kier alpha value is -1.90. The number of rotatable bonds is 3. The molecule has 0 saturated carbocycles. The fourth-order valence-electron chi connectivity index (χ4n) is 2.00. The number of benzene rings is 2. The zero-order valence-electron chi connectivity index (χ0n) is 10.5. The molecular weight excluding hydrogens is 288 g/mol. The van der Waals surface area contributed by atoms with Gasteiger partial charge < -0.3 is 0 Å². The molecule has 0 saturated heterocycles. The van der Waals surface area contributed by atoms with Gasteiger partial charge in [0, 0.05) is 26.1 Å². The molecule has 0 fully saturated rings. The molecule has 1 heterocycles. The highest BCUT2D eigenvalue weighted by Crippen LogP contribution is 2.26. The summed E-state index contributed by atoms with van der Waals surface area (Å²) in [4.78, 5) is 12.3. The fraction of sp³-hybridized carbons (Fsp3) is 0. The van der Waals surface area contributed by atoms with Gasteiger partial charge >= 0.3 is 0 Å². The molecule has 0 amide bonds. The van der Waals surface area contributed by atoms with Crippen LogP contribution in [0.3, 0.4) is 0 Å². The molecule has 2 aromatic carbocycles. The van der Waals surface area contributed by atoms with E-state index in [2.05, 4.69) is 0 Å². The third-order valence-electron chi connectivity index (χ3n) is 3.04. The molecule has 0 bridgehead atoms. The van der Waals surface area contributed by atoms with E-state index in [4.69, 9.17) is 11.6 Å². The van der Waals surface area contributed by atoms with E-state index in [9.17, 15) is 4.79 Å². The SMILES string of the molecule is O=C(C=Cc1ccc(Cl)cc1)c1csc2ccccc12. The molecule has 1 aromatic heterocycles. The smallest absolute Gasteiger partial charge is 0.187 e. The van der Waals surface area contributed by atoms with Crippen LogP contribution in [0.25, 0.3) is 16.2 Å².